The van der Waals surface area contributed by atoms with Crippen LogP contribution < -0.4 is 0 Å². The van der Waals surface area contributed by atoms with Crippen LogP contribution in [0.5, 0.6) is 0 Å². The van der Waals surface area contributed by atoms with E-state index in [-0.39, 0.29) is 12.5 Å². The topological polar surface area (TPSA) is 40.5 Å². The van der Waals surface area contributed by atoms with Gasteiger partial charge in [0.15, 0.2) is 0 Å². The molecule has 0 saturated carbocycles. The third kappa shape index (κ3) is 4.56. The molecule has 0 aliphatic carbocycles. The van der Waals surface area contributed by atoms with Crippen LogP contribution in [0.1, 0.15) is 12.8 Å². The van der Waals surface area contributed by atoms with E-state index in [9.17, 15) is 4.79 Å². The van der Waals surface area contributed by atoms with Gasteiger partial charge in [0.2, 0.25) is 5.91 Å². The van der Waals surface area contributed by atoms with Crippen LogP contribution in [0.4, 0.5) is 0 Å². The molecule has 0 aliphatic rings. The number of rotatable bonds is 5. The molecule has 0 spiro atoms. The van der Waals surface area contributed by atoms with Gasteiger partial charge in [0.25, 0.3) is 0 Å². The van der Waals surface area contributed by atoms with Crippen molar-refractivity contribution < 1.29 is 9.90 Å². The molecule has 0 aromatic rings. The van der Waals surface area contributed by atoms with Crippen molar-refractivity contribution in [2.45, 2.75) is 12.8 Å². The van der Waals surface area contributed by atoms with Crippen molar-refractivity contribution in [2.75, 3.05) is 20.2 Å². The molecule has 0 atom stereocenters. The number of carbonyl (C=O) groups is 1. The van der Waals surface area contributed by atoms with Crippen molar-refractivity contribution in [2.24, 2.45) is 0 Å². The number of aliphatic hydroxyl groups excluding tert-OH is 1. The molecule has 0 radical (unpaired) electrons. The van der Waals surface area contributed by atoms with Crippen molar-refractivity contribution in [3.05, 3.63) is 12.7 Å². The summed E-state index contributed by atoms with van der Waals surface area (Å²) in [5, 5.41) is 8.45. The average Bonchev–Trinajstić information content (AvgIpc) is 2.03. The number of hydrogen-bond donors (Lipinski definition) is 1. The Bertz CT molecular complexity index is 134. The lowest BCUT2D eigenvalue weighted by atomic mass is 10.3. The van der Waals surface area contributed by atoms with E-state index in [4.69, 9.17) is 5.11 Å². The molecular formula is C8H15NO2. The Labute approximate surface area is 67.3 Å². The molecule has 1 N–H and O–H groups in total. The molecule has 0 rings (SSSR count). The fourth-order valence-electron chi connectivity index (χ4n) is 0.727. The maximum atomic E-state index is 10.9. The van der Waals surface area contributed by atoms with Crippen LogP contribution in [-0.2, 0) is 4.79 Å². The highest BCUT2D eigenvalue weighted by molar-refractivity contribution is 5.86. The van der Waals surface area contributed by atoms with E-state index in [2.05, 4.69) is 6.58 Å². The van der Waals surface area contributed by atoms with Crippen molar-refractivity contribution in [1.29, 1.82) is 0 Å². The van der Waals surface area contributed by atoms with E-state index in [1.165, 1.54) is 6.08 Å². The quantitative estimate of drug-likeness (QED) is 0.463. The second-order valence-electron chi connectivity index (χ2n) is 2.39. The molecule has 1 amide bonds. The van der Waals surface area contributed by atoms with Gasteiger partial charge in [-0.25, -0.2) is 0 Å². The summed E-state index contributed by atoms with van der Waals surface area (Å²) in [7, 11) is 1.72. The standard InChI is InChI=1S/C8H15NO2/c1-3-8(11)9(2)6-4-5-7-10/h3,10H,1,4-7H2,2H3. The Morgan fingerprint density at radius 1 is 1.64 bits per heavy atom. The summed E-state index contributed by atoms with van der Waals surface area (Å²) < 4.78 is 0. The summed E-state index contributed by atoms with van der Waals surface area (Å²) in [6.45, 7) is 4.25. The van der Waals surface area contributed by atoms with Gasteiger partial charge in [-0.05, 0) is 18.9 Å². The van der Waals surface area contributed by atoms with Gasteiger partial charge in [0, 0.05) is 20.2 Å². The predicted molar refractivity (Wildman–Crippen MR) is 44.2 cm³/mol. The highest BCUT2D eigenvalue weighted by atomic mass is 16.2. The third-order valence-electron chi connectivity index (χ3n) is 1.45. The van der Waals surface area contributed by atoms with Gasteiger partial charge < -0.3 is 10.0 Å². The molecule has 11 heavy (non-hydrogen) atoms. The average molecular weight is 157 g/mol. The lowest BCUT2D eigenvalue weighted by Crippen LogP contribution is -2.25. The zero-order valence-electron chi connectivity index (χ0n) is 6.92. The molecule has 0 aromatic heterocycles. The summed E-state index contributed by atoms with van der Waals surface area (Å²) in [6.07, 6.45) is 2.88. The van der Waals surface area contributed by atoms with Gasteiger partial charge >= 0.3 is 0 Å². The molecule has 3 nitrogen and oxygen atoms in total. The van der Waals surface area contributed by atoms with Crippen LogP contribution >= 0.6 is 0 Å². The second-order valence-corrected chi connectivity index (χ2v) is 2.39. The van der Waals surface area contributed by atoms with Crippen LogP contribution in [0.3, 0.4) is 0 Å². The van der Waals surface area contributed by atoms with Gasteiger partial charge in [0.05, 0.1) is 0 Å². The molecule has 0 unspecified atom stereocenters. The molecule has 3 heteroatoms. The second kappa shape index (κ2) is 5.92. The first kappa shape index (κ1) is 10.2. The molecular weight excluding hydrogens is 142 g/mol. The maximum absolute atomic E-state index is 10.9. The number of carbonyl (C=O) groups excluding carboxylic acids is 1. The summed E-state index contributed by atoms with van der Waals surface area (Å²) in [5.74, 6) is -0.0667. The van der Waals surface area contributed by atoms with E-state index in [0.29, 0.717) is 6.54 Å². The lowest BCUT2D eigenvalue weighted by molar-refractivity contribution is -0.124. The zero-order valence-corrected chi connectivity index (χ0v) is 6.92. The van der Waals surface area contributed by atoms with Gasteiger partial charge in [-0.15, -0.1) is 0 Å². The predicted octanol–water partition coefficient (Wildman–Crippen LogP) is 0.403. The molecule has 64 valence electrons. The molecule has 0 fully saturated rings. The molecule has 0 aliphatic heterocycles. The van der Waals surface area contributed by atoms with Crippen molar-refractivity contribution in [1.82, 2.24) is 4.90 Å². The first-order valence-corrected chi connectivity index (χ1v) is 3.70. The highest BCUT2D eigenvalue weighted by Crippen LogP contribution is 1.92. The Hall–Kier alpha value is -0.830. The molecule has 0 aromatic carbocycles. The van der Waals surface area contributed by atoms with Gasteiger partial charge in [-0.3, -0.25) is 4.79 Å². The van der Waals surface area contributed by atoms with Gasteiger partial charge in [-0.2, -0.15) is 0 Å². The van der Waals surface area contributed by atoms with Crippen molar-refractivity contribution in [3.63, 3.8) is 0 Å². The molecule has 0 heterocycles. The summed E-state index contributed by atoms with van der Waals surface area (Å²) in [4.78, 5) is 12.4. The van der Waals surface area contributed by atoms with Gasteiger partial charge in [-0.1, -0.05) is 6.58 Å². The minimum Gasteiger partial charge on any atom is -0.396 e. The number of likely N-dealkylation sites (N-methyl/N-ethyl adjacent to an activating group) is 1. The minimum atomic E-state index is -0.0667. The van der Waals surface area contributed by atoms with Crippen LogP contribution in [0.25, 0.3) is 0 Å². The molecule has 0 bridgehead atoms. The number of hydrogen-bond acceptors (Lipinski definition) is 2. The zero-order chi connectivity index (χ0) is 8.69. The Morgan fingerprint density at radius 2 is 2.27 bits per heavy atom. The smallest absolute Gasteiger partial charge is 0.245 e. The minimum absolute atomic E-state index is 0.0667. The van der Waals surface area contributed by atoms with E-state index in [0.717, 1.165) is 12.8 Å². The summed E-state index contributed by atoms with van der Waals surface area (Å²) in [5.41, 5.74) is 0. The largest absolute Gasteiger partial charge is 0.396 e. The van der Waals surface area contributed by atoms with Crippen molar-refractivity contribution in [3.8, 4) is 0 Å². The maximum Gasteiger partial charge on any atom is 0.245 e. The monoisotopic (exact) mass is 157 g/mol. The Kier molecular flexibility index (Phi) is 5.47. The number of amides is 1. The summed E-state index contributed by atoms with van der Waals surface area (Å²) in [6, 6.07) is 0. The van der Waals surface area contributed by atoms with Crippen LogP contribution in [-0.4, -0.2) is 36.1 Å². The third-order valence-corrected chi connectivity index (χ3v) is 1.45. The lowest BCUT2D eigenvalue weighted by Gasteiger charge is -2.13. The SMILES string of the molecule is C=CC(=O)N(C)CCCCO. The number of aliphatic hydroxyl groups is 1. The first-order chi connectivity index (χ1) is 5.22. The van der Waals surface area contributed by atoms with Crippen LogP contribution in [0.2, 0.25) is 0 Å². The van der Waals surface area contributed by atoms with Crippen LogP contribution in [0.15, 0.2) is 12.7 Å². The first-order valence-electron chi connectivity index (χ1n) is 3.70. The summed E-state index contributed by atoms with van der Waals surface area (Å²) >= 11 is 0. The van der Waals surface area contributed by atoms with E-state index < -0.39 is 0 Å². The van der Waals surface area contributed by atoms with Crippen molar-refractivity contribution >= 4 is 5.91 Å². The van der Waals surface area contributed by atoms with Crippen LogP contribution in [0, 0.1) is 0 Å². The normalized spacial score (nSPS) is 9.27. The fraction of sp³-hybridized carbons (Fsp3) is 0.625. The van der Waals surface area contributed by atoms with E-state index >= 15 is 0 Å². The van der Waals surface area contributed by atoms with E-state index in [1.807, 2.05) is 0 Å². The molecule has 0 saturated heterocycles. The number of unbranched alkanes of at least 4 members (excludes halogenated alkanes) is 1. The number of nitrogens with zero attached hydrogens (tertiary/aromatic N) is 1. The highest BCUT2D eigenvalue weighted by Gasteiger charge is 2.01. The Morgan fingerprint density at radius 3 is 2.73 bits per heavy atom. The van der Waals surface area contributed by atoms with E-state index in [1.54, 1.807) is 11.9 Å². The Balaban J connectivity index is 3.43. The van der Waals surface area contributed by atoms with Gasteiger partial charge in [0.1, 0.15) is 0 Å². The fourth-order valence-corrected chi connectivity index (χ4v) is 0.727.